The molecule has 10 nitrogen and oxygen atoms in total. The van der Waals surface area contributed by atoms with Crippen LogP contribution >= 0.6 is 0 Å². The molecule has 1 N–H and O–H groups in total. The average molecular weight is 485 g/mol. The van der Waals surface area contributed by atoms with Gasteiger partial charge in [0, 0.05) is 18.2 Å². The second-order valence-corrected chi connectivity index (χ2v) is 10.1. The van der Waals surface area contributed by atoms with Crippen LogP contribution in [0.1, 0.15) is 48.5 Å². The molecule has 0 radical (unpaired) electrons. The summed E-state index contributed by atoms with van der Waals surface area (Å²) in [5.74, 6) is 0.863. The summed E-state index contributed by atoms with van der Waals surface area (Å²) < 4.78 is 44.5. The van der Waals surface area contributed by atoms with Crippen molar-refractivity contribution in [2.75, 3.05) is 18.5 Å². The van der Waals surface area contributed by atoms with Gasteiger partial charge in [0.15, 0.2) is 11.5 Å². The molecular formula is C23H24N4O6S. The van der Waals surface area contributed by atoms with E-state index in [0.29, 0.717) is 18.0 Å². The molecule has 0 aliphatic carbocycles. The Morgan fingerprint density at radius 2 is 1.82 bits per heavy atom. The first-order valence-corrected chi connectivity index (χ1v) is 12.5. The maximum Gasteiger partial charge on any atom is 0.322 e. The number of anilines is 1. The number of carbonyl (C=O) groups is 1. The number of benzene rings is 2. The Labute approximate surface area is 196 Å². The van der Waals surface area contributed by atoms with Crippen molar-refractivity contribution in [1.29, 1.82) is 0 Å². The third-order valence-electron chi connectivity index (χ3n) is 5.91. The van der Waals surface area contributed by atoms with E-state index in [9.17, 15) is 13.2 Å². The number of hydrogen-bond donors (Lipinski definition) is 1. The fraction of sp³-hybridized carbons (Fsp3) is 0.348. The van der Waals surface area contributed by atoms with Crippen molar-refractivity contribution in [3.05, 3.63) is 60.0 Å². The van der Waals surface area contributed by atoms with E-state index in [1.54, 1.807) is 12.1 Å². The number of nitrogens with zero attached hydrogens (tertiary/aromatic N) is 3. The van der Waals surface area contributed by atoms with E-state index in [1.165, 1.54) is 28.6 Å². The summed E-state index contributed by atoms with van der Waals surface area (Å²) in [4.78, 5) is 12.8. The normalized spacial score (nSPS) is 20.6. The zero-order valence-electron chi connectivity index (χ0n) is 18.5. The quantitative estimate of drug-likeness (QED) is 0.584. The highest BCUT2D eigenvalue weighted by molar-refractivity contribution is 7.89. The Morgan fingerprint density at radius 3 is 2.59 bits per heavy atom. The number of rotatable bonds is 5. The van der Waals surface area contributed by atoms with E-state index in [1.807, 2.05) is 19.1 Å². The third kappa shape index (κ3) is 4.36. The molecule has 2 aliphatic heterocycles. The Kier molecular flexibility index (Phi) is 5.96. The predicted octanol–water partition coefficient (Wildman–Crippen LogP) is 3.40. The van der Waals surface area contributed by atoms with Gasteiger partial charge in [-0.1, -0.05) is 23.7 Å². The topological polar surface area (TPSA) is 124 Å². The zero-order chi connectivity index (χ0) is 23.7. The molecule has 1 aromatic heterocycles. The summed E-state index contributed by atoms with van der Waals surface area (Å²) >= 11 is 0. The van der Waals surface area contributed by atoms with Crippen molar-refractivity contribution in [3.63, 3.8) is 0 Å². The van der Waals surface area contributed by atoms with Crippen LogP contribution in [0.4, 0.5) is 6.01 Å². The van der Waals surface area contributed by atoms with Crippen LogP contribution in [-0.2, 0) is 10.0 Å². The van der Waals surface area contributed by atoms with Gasteiger partial charge in [0.1, 0.15) is 6.61 Å². The van der Waals surface area contributed by atoms with Crippen molar-refractivity contribution in [2.45, 2.75) is 43.2 Å². The van der Waals surface area contributed by atoms with Crippen molar-refractivity contribution >= 4 is 21.9 Å². The molecule has 34 heavy (non-hydrogen) atoms. The fourth-order valence-corrected chi connectivity index (χ4v) is 5.77. The van der Waals surface area contributed by atoms with Crippen LogP contribution in [0.3, 0.4) is 0 Å². The van der Waals surface area contributed by atoms with E-state index in [2.05, 4.69) is 15.5 Å². The van der Waals surface area contributed by atoms with Gasteiger partial charge in [0.05, 0.1) is 4.90 Å². The first-order valence-electron chi connectivity index (χ1n) is 11.1. The standard InChI is InChI=1S/C23H24N4O6S/c1-15-6-4-5-13-27(15)34(29,30)17-11-9-16(10-12-17)21(28)24-23-26-25-22(33-23)20-14-31-18-7-2-3-8-19(18)32-20/h2-3,7-12,15,20H,4-6,13-14H2,1H3,(H,24,26,28). The van der Waals surface area contributed by atoms with Crippen LogP contribution in [0.2, 0.25) is 0 Å². The van der Waals surface area contributed by atoms with Crippen molar-refractivity contribution in [1.82, 2.24) is 14.5 Å². The molecule has 1 fully saturated rings. The molecule has 2 aromatic carbocycles. The second kappa shape index (κ2) is 9.07. The minimum atomic E-state index is -3.61. The summed E-state index contributed by atoms with van der Waals surface area (Å²) in [7, 11) is -3.61. The first-order chi connectivity index (χ1) is 16.4. The summed E-state index contributed by atoms with van der Waals surface area (Å²) in [5, 5.41) is 10.3. The van der Waals surface area contributed by atoms with Gasteiger partial charge in [-0.3, -0.25) is 10.1 Å². The van der Waals surface area contributed by atoms with Crippen LogP contribution in [0.25, 0.3) is 0 Å². The number of hydrogen-bond acceptors (Lipinski definition) is 8. The van der Waals surface area contributed by atoms with Crippen LogP contribution < -0.4 is 14.8 Å². The molecule has 1 amide bonds. The number of carbonyl (C=O) groups excluding carboxylic acids is 1. The molecule has 3 heterocycles. The van der Waals surface area contributed by atoms with E-state index < -0.39 is 22.0 Å². The molecule has 178 valence electrons. The van der Waals surface area contributed by atoms with Gasteiger partial charge in [-0.15, -0.1) is 5.10 Å². The lowest BCUT2D eigenvalue weighted by atomic mass is 10.1. The molecule has 1 saturated heterocycles. The monoisotopic (exact) mass is 484 g/mol. The summed E-state index contributed by atoms with van der Waals surface area (Å²) in [5.41, 5.74) is 0.261. The zero-order valence-corrected chi connectivity index (χ0v) is 19.3. The number of ether oxygens (including phenoxy) is 2. The third-order valence-corrected chi connectivity index (χ3v) is 7.94. The van der Waals surface area contributed by atoms with Crippen molar-refractivity contribution in [2.24, 2.45) is 0 Å². The van der Waals surface area contributed by atoms with Crippen LogP contribution in [0.15, 0.2) is 57.8 Å². The van der Waals surface area contributed by atoms with Crippen molar-refractivity contribution < 1.29 is 27.1 Å². The maximum absolute atomic E-state index is 13.0. The largest absolute Gasteiger partial charge is 0.485 e. The van der Waals surface area contributed by atoms with Gasteiger partial charge in [0.25, 0.3) is 11.8 Å². The SMILES string of the molecule is CC1CCCCN1S(=O)(=O)c1ccc(C(=O)Nc2nnc(C3COc4ccccc4O3)o2)cc1. The highest BCUT2D eigenvalue weighted by atomic mass is 32.2. The van der Waals surface area contributed by atoms with Gasteiger partial charge < -0.3 is 13.9 Å². The number of aromatic nitrogens is 2. The lowest BCUT2D eigenvalue weighted by Crippen LogP contribution is -2.41. The van der Waals surface area contributed by atoms with Gasteiger partial charge in [0.2, 0.25) is 16.1 Å². The smallest absolute Gasteiger partial charge is 0.322 e. The Balaban J connectivity index is 1.24. The summed E-state index contributed by atoms with van der Waals surface area (Å²) in [6.45, 7) is 2.62. The van der Waals surface area contributed by atoms with Gasteiger partial charge in [-0.25, -0.2) is 8.42 Å². The number of amides is 1. The number of sulfonamides is 1. The second-order valence-electron chi connectivity index (χ2n) is 8.25. The number of piperidine rings is 1. The molecule has 2 atom stereocenters. The van der Waals surface area contributed by atoms with E-state index in [0.717, 1.165) is 19.3 Å². The first kappa shape index (κ1) is 22.4. The van der Waals surface area contributed by atoms with E-state index in [4.69, 9.17) is 13.9 Å². The van der Waals surface area contributed by atoms with Gasteiger partial charge in [-0.2, -0.15) is 4.31 Å². The fourth-order valence-electron chi connectivity index (χ4n) is 4.07. The Hall–Kier alpha value is -3.44. The summed E-state index contributed by atoms with van der Waals surface area (Å²) in [6.07, 6.45) is 2.11. The average Bonchev–Trinajstić information content (AvgIpc) is 3.32. The van der Waals surface area contributed by atoms with Gasteiger partial charge >= 0.3 is 6.01 Å². The lowest BCUT2D eigenvalue weighted by Gasteiger charge is -2.32. The molecule has 5 rings (SSSR count). The number of nitrogens with one attached hydrogen (secondary N) is 1. The van der Waals surface area contributed by atoms with Crippen LogP contribution in [0.5, 0.6) is 11.5 Å². The van der Waals surface area contributed by atoms with E-state index in [-0.39, 0.29) is 35.0 Å². The molecule has 0 saturated carbocycles. The highest BCUT2D eigenvalue weighted by Gasteiger charge is 2.31. The minimum absolute atomic E-state index is 0.0412. The van der Waals surface area contributed by atoms with Crippen molar-refractivity contribution in [3.8, 4) is 11.5 Å². The summed E-state index contributed by atoms with van der Waals surface area (Å²) in [6, 6.07) is 12.9. The number of para-hydroxylation sites is 2. The Morgan fingerprint density at radius 1 is 1.06 bits per heavy atom. The van der Waals surface area contributed by atoms with Gasteiger partial charge in [-0.05, 0) is 56.2 Å². The van der Waals surface area contributed by atoms with Crippen LogP contribution in [-0.4, -0.2) is 48.0 Å². The lowest BCUT2D eigenvalue weighted by molar-refractivity contribution is 0.0716. The maximum atomic E-state index is 13.0. The molecule has 2 aliphatic rings. The molecule has 0 bridgehead atoms. The Bertz CT molecular complexity index is 1290. The number of fused-ring (bicyclic) bond motifs is 1. The molecule has 3 aromatic rings. The molecular weight excluding hydrogens is 460 g/mol. The minimum Gasteiger partial charge on any atom is -0.485 e. The van der Waals surface area contributed by atoms with Crippen LogP contribution in [0, 0.1) is 0 Å². The molecule has 0 spiro atoms. The predicted molar refractivity (Wildman–Crippen MR) is 121 cm³/mol. The van der Waals surface area contributed by atoms with E-state index >= 15 is 0 Å². The molecule has 2 unspecified atom stereocenters. The molecule has 11 heteroatoms. The highest BCUT2D eigenvalue weighted by Crippen LogP contribution is 2.35.